The van der Waals surface area contributed by atoms with Crippen LogP contribution in [0.2, 0.25) is 0 Å². The molecule has 0 aromatic heterocycles. The third-order valence-corrected chi connectivity index (χ3v) is 4.58. The van der Waals surface area contributed by atoms with E-state index in [1.54, 1.807) is 36.4 Å². The minimum absolute atomic E-state index is 0.0309. The molecule has 0 aliphatic rings. The Morgan fingerprint density at radius 3 is 2.06 bits per heavy atom. The van der Waals surface area contributed by atoms with Crippen LogP contribution in [0, 0.1) is 6.92 Å². The van der Waals surface area contributed by atoms with Crippen molar-refractivity contribution in [2.75, 3.05) is 36.7 Å². The summed E-state index contributed by atoms with van der Waals surface area (Å²) in [5, 5.41) is 8.71. The molecule has 31 heavy (non-hydrogen) atoms. The van der Waals surface area contributed by atoms with E-state index >= 15 is 0 Å². The first kappa shape index (κ1) is 21.7. The molecule has 0 atom stereocenters. The molecule has 0 unspecified atom stereocenters. The van der Waals surface area contributed by atoms with Gasteiger partial charge in [-0.25, -0.2) is 0 Å². The number of benzene rings is 3. The van der Waals surface area contributed by atoms with Crippen LogP contribution in [0.25, 0.3) is 0 Å². The monoisotopic (exact) mass is 419 g/mol. The summed E-state index contributed by atoms with van der Waals surface area (Å²) in [4.78, 5) is 24.8. The summed E-state index contributed by atoms with van der Waals surface area (Å²) in [7, 11) is 3.02. The Morgan fingerprint density at radius 1 is 0.806 bits per heavy atom. The Balaban J connectivity index is 1.71. The predicted molar refractivity (Wildman–Crippen MR) is 122 cm³/mol. The minimum atomic E-state index is -0.265. The zero-order chi connectivity index (χ0) is 22.2. The maximum Gasteiger partial charge on any atom is 0.255 e. The van der Waals surface area contributed by atoms with E-state index in [0.717, 1.165) is 11.3 Å². The van der Waals surface area contributed by atoms with Gasteiger partial charge in [-0.05, 0) is 31.2 Å². The quantitative estimate of drug-likeness (QED) is 0.506. The molecule has 3 rings (SSSR count). The molecule has 7 heteroatoms. The molecule has 2 amide bonds. The number of aryl methyl sites for hydroxylation is 1. The fraction of sp³-hybridized carbons (Fsp3) is 0.167. The summed E-state index contributed by atoms with van der Waals surface area (Å²) in [6, 6.07) is 19.8. The normalized spacial score (nSPS) is 10.2. The molecule has 0 bridgehead atoms. The van der Waals surface area contributed by atoms with Crippen molar-refractivity contribution in [2.24, 2.45) is 0 Å². The van der Waals surface area contributed by atoms with Crippen LogP contribution in [-0.2, 0) is 4.79 Å². The molecule has 7 nitrogen and oxygen atoms in total. The number of anilines is 3. The van der Waals surface area contributed by atoms with E-state index in [1.165, 1.54) is 14.2 Å². The van der Waals surface area contributed by atoms with Gasteiger partial charge < -0.3 is 25.4 Å². The van der Waals surface area contributed by atoms with Crippen LogP contribution < -0.4 is 25.4 Å². The lowest BCUT2D eigenvalue weighted by atomic mass is 10.2. The van der Waals surface area contributed by atoms with Gasteiger partial charge in [-0.2, -0.15) is 0 Å². The molecule has 0 radical (unpaired) electrons. The maximum atomic E-state index is 12.5. The molecule has 0 aliphatic carbocycles. The molecular formula is C24H25N3O4. The largest absolute Gasteiger partial charge is 0.495 e. The van der Waals surface area contributed by atoms with Crippen LogP contribution in [0.4, 0.5) is 17.1 Å². The number of nitrogens with one attached hydrogen (secondary N) is 3. The zero-order valence-electron chi connectivity index (χ0n) is 17.7. The van der Waals surface area contributed by atoms with E-state index in [2.05, 4.69) is 16.0 Å². The average Bonchev–Trinajstić information content (AvgIpc) is 2.79. The molecule has 3 N–H and O–H groups in total. The van der Waals surface area contributed by atoms with Crippen molar-refractivity contribution in [3.05, 3.63) is 77.9 Å². The lowest BCUT2D eigenvalue weighted by molar-refractivity contribution is -0.114. The van der Waals surface area contributed by atoms with E-state index in [9.17, 15) is 9.59 Å². The lowest BCUT2D eigenvalue weighted by Crippen LogP contribution is -2.22. The highest BCUT2D eigenvalue weighted by Gasteiger charge is 2.15. The van der Waals surface area contributed by atoms with Gasteiger partial charge in [-0.1, -0.05) is 35.9 Å². The second kappa shape index (κ2) is 10.2. The highest BCUT2D eigenvalue weighted by Crippen LogP contribution is 2.36. The van der Waals surface area contributed by atoms with Crippen molar-refractivity contribution < 1.29 is 19.1 Å². The van der Waals surface area contributed by atoms with Gasteiger partial charge in [-0.15, -0.1) is 0 Å². The minimum Gasteiger partial charge on any atom is -0.495 e. The second-order valence-electron chi connectivity index (χ2n) is 6.84. The summed E-state index contributed by atoms with van der Waals surface area (Å²) < 4.78 is 10.9. The fourth-order valence-electron chi connectivity index (χ4n) is 2.94. The van der Waals surface area contributed by atoms with Gasteiger partial charge in [-0.3, -0.25) is 9.59 Å². The Morgan fingerprint density at radius 2 is 1.42 bits per heavy atom. The van der Waals surface area contributed by atoms with Crippen LogP contribution in [0.3, 0.4) is 0 Å². The molecule has 0 saturated heterocycles. The Hall–Kier alpha value is -4.00. The Labute approximate surface area is 181 Å². The number of ether oxygens (including phenoxy) is 2. The maximum absolute atomic E-state index is 12.5. The molecule has 0 saturated carbocycles. The molecule has 160 valence electrons. The van der Waals surface area contributed by atoms with E-state index in [4.69, 9.17) is 9.47 Å². The summed E-state index contributed by atoms with van der Waals surface area (Å²) in [6.45, 7) is 2.02. The van der Waals surface area contributed by atoms with Crippen molar-refractivity contribution in [3.8, 4) is 11.5 Å². The standard InChI is InChI=1S/C24H25N3O4/c1-16-9-11-18(12-10-16)26-23(28)15-25-19-13-22(31-3)20(14-21(19)30-2)27-24(29)17-7-5-4-6-8-17/h4-14,25H,15H2,1-3H3,(H,26,28)(H,27,29). The molecule has 3 aromatic rings. The molecule has 3 aromatic carbocycles. The smallest absolute Gasteiger partial charge is 0.255 e. The Bertz CT molecular complexity index is 1050. The SMILES string of the molecule is COc1cc(NC(=O)c2ccccc2)c(OC)cc1NCC(=O)Nc1ccc(C)cc1. The van der Waals surface area contributed by atoms with E-state index < -0.39 is 0 Å². The zero-order valence-corrected chi connectivity index (χ0v) is 17.7. The molecule has 0 heterocycles. The van der Waals surface area contributed by atoms with E-state index in [1.807, 2.05) is 37.3 Å². The van der Waals surface area contributed by atoms with Crippen molar-refractivity contribution in [1.29, 1.82) is 0 Å². The number of hydrogen-bond donors (Lipinski definition) is 3. The lowest BCUT2D eigenvalue weighted by Gasteiger charge is -2.17. The first-order valence-electron chi connectivity index (χ1n) is 9.73. The summed E-state index contributed by atoms with van der Waals surface area (Å²) in [5.74, 6) is 0.435. The number of amides is 2. The number of methoxy groups -OCH3 is 2. The topological polar surface area (TPSA) is 88.7 Å². The van der Waals surface area contributed by atoms with Crippen molar-refractivity contribution >= 4 is 28.9 Å². The van der Waals surface area contributed by atoms with Gasteiger partial charge in [0.25, 0.3) is 5.91 Å². The average molecular weight is 419 g/mol. The van der Waals surface area contributed by atoms with Crippen LogP contribution in [0.15, 0.2) is 66.7 Å². The van der Waals surface area contributed by atoms with Gasteiger partial charge in [0.2, 0.25) is 5.91 Å². The van der Waals surface area contributed by atoms with E-state index in [0.29, 0.717) is 28.4 Å². The van der Waals surface area contributed by atoms with Crippen LogP contribution in [0.1, 0.15) is 15.9 Å². The Kier molecular flexibility index (Phi) is 7.11. The van der Waals surface area contributed by atoms with Gasteiger partial charge in [0, 0.05) is 23.4 Å². The van der Waals surface area contributed by atoms with Crippen LogP contribution >= 0.6 is 0 Å². The molecular weight excluding hydrogens is 394 g/mol. The summed E-state index contributed by atoms with van der Waals surface area (Å²) >= 11 is 0. The van der Waals surface area contributed by atoms with Gasteiger partial charge in [0.05, 0.1) is 32.1 Å². The van der Waals surface area contributed by atoms with Crippen molar-refractivity contribution in [3.63, 3.8) is 0 Å². The highest BCUT2D eigenvalue weighted by atomic mass is 16.5. The van der Waals surface area contributed by atoms with Crippen LogP contribution in [-0.4, -0.2) is 32.6 Å². The van der Waals surface area contributed by atoms with Crippen LogP contribution in [0.5, 0.6) is 11.5 Å². The predicted octanol–water partition coefficient (Wildman–Crippen LogP) is 4.32. The number of carbonyl (C=O) groups is 2. The van der Waals surface area contributed by atoms with Gasteiger partial charge in [0.15, 0.2) is 0 Å². The first-order valence-corrected chi connectivity index (χ1v) is 9.73. The third kappa shape index (κ3) is 5.76. The molecule has 0 fully saturated rings. The second-order valence-corrected chi connectivity index (χ2v) is 6.84. The van der Waals surface area contributed by atoms with Gasteiger partial charge >= 0.3 is 0 Å². The summed E-state index contributed by atoms with van der Waals surface area (Å²) in [6.07, 6.45) is 0. The highest BCUT2D eigenvalue weighted by molar-refractivity contribution is 6.05. The van der Waals surface area contributed by atoms with Crippen molar-refractivity contribution in [1.82, 2.24) is 0 Å². The third-order valence-electron chi connectivity index (χ3n) is 4.58. The molecule has 0 aliphatic heterocycles. The summed E-state index contributed by atoms with van der Waals surface area (Å²) in [5.41, 5.74) is 3.39. The number of hydrogen-bond acceptors (Lipinski definition) is 5. The fourth-order valence-corrected chi connectivity index (χ4v) is 2.94. The number of rotatable bonds is 8. The molecule has 0 spiro atoms. The van der Waals surface area contributed by atoms with Gasteiger partial charge in [0.1, 0.15) is 11.5 Å². The van der Waals surface area contributed by atoms with E-state index in [-0.39, 0.29) is 18.4 Å². The van der Waals surface area contributed by atoms with Crippen molar-refractivity contribution in [2.45, 2.75) is 6.92 Å². The number of carbonyl (C=O) groups excluding carboxylic acids is 2. The first-order chi connectivity index (χ1) is 15.0.